The van der Waals surface area contributed by atoms with Crippen LogP contribution in [-0.2, 0) is 16.9 Å². The summed E-state index contributed by atoms with van der Waals surface area (Å²) in [6.45, 7) is 5.65. The summed E-state index contributed by atoms with van der Waals surface area (Å²) in [5.41, 5.74) is 2.47. The zero-order valence-electron chi connectivity index (χ0n) is 9.09. The molecule has 0 amide bonds. The minimum atomic E-state index is -0.0567. The molecule has 4 nitrogen and oxygen atoms in total. The van der Waals surface area contributed by atoms with Crippen LogP contribution in [0, 0.1) is 6.92 Å². The molecule has 1 aromatic rings. The van der Waals surface area contributed by atoms with Gasteiger partial charge in [-0.05, 0) is 12.5 Å². The molecule has 0 aromatic carbocycles. The third-order valence-electron chi connectivity index (χ3n) is 2.96. The number of fused-ring (bicyclic) bond motifs is 2. The number of nitrogens with one attached hydrogen (secondary N) is 1. The minimum absolute atomic E-state index is 0.0567. The van der Waals surface area contributed by atoms with Gasteiger partial charge in [0.2, 0.25) is 0 Å². The third kappa shape index (κ3) is 1.46. The van der Waals surface area contributed by atoms with Gasteiger partial charge in [0.15, 0.2) is 0 Å². The minimum Gasteiger partial charge on any atom is -0.364 e. The molecule has 0 saturated carbocycles. The highest BCUT2D eigenvalue weighted by Crippen LogP contribution is 2.34. The SMILES string of the molecule is CF.Cc1cnn2c1C1(CNC1)OCC2. The van der Waals surface area contributed by atoms with E-state index in [1.807, 2.05) is 6.20 Å². The molecule has 1 saturated heterocycles. The number of halogens is 1. The van der Waals surface area contributed by atoms with Gasteiger partial charge in [-0.25, -0.2) is 0 Å². The second kappa shape index (κ2) is 3.90. The quantitative estimate of drug-likeness (QED) is 0.686. The summed E-state index contributed by atoms with van der Waals surface area (Å²) in [6, 6.07) is 0. The molecule has 0 atom stereocenters. The summed E-state index contributed by atoms with van der Waals surface area (Å²) >= 11 is 0. The Morgan fingerprint density at radius 3 is 2.87 bits per heavy atom. The number of alkyl halides is 1. The molecule has 1 aromatic heterocycles. The summed E-state index contributed by atoms with van der Waals surface area (Å²) in [5, 5.41) is 7.61. The van der Waals surface area contributed by atoms with Gasteiger partial charge in [0.05, 0.1) is 32.2 Å². The molecule has 1 spiro atoms. The maximum absolute atomic E-state index is 9.50. The lowest BCUT2D eigenvalue weighted by atomic mass is 9.89. The fourth-order valence-corrected chi connectivity index (χ4v) is 2.26. The molecule has 0 bridgehead atoms. The highest BCUT2D eigenvalue weighted by atomic mass is 19.1. The standard InChI is InChI=1S/C9H13N3O.CH3F/c1-7-4-11-12-2-3-13-9(8(7)12)5-10-6-9;1-2/h4,10H,2-3,5-6H2,1H3;1H3. The number of hydrogen-bond acceptors (Lipinski definition) is 3. The molecular formula is C10H16FN3O. The van der Waals surface area contributed by atoms with E-state index >= 15 is 0 Å². The Morgan fingerprint density at radius 2 is 2.27 bits per heavy atom. The maximum Gasteiger partial charge on any atom is 0.135 e. The maximum atomic E-state index is 9.50. The van der Waals surface area contributed by atoms with Crippen LogP contribution in [0.2, 0.25) is 0 Å². The summed E-state index contributed by atoms with van der Waals surface area (Å²) in [7, 11) is 0.500. The van der Waals surface area contributed by atoms with Crippen LogP contribution < -0.4 is 5.32 Å². The van der Waals surface area contributed by atoms with Crippen molar-refractivity contribution in [1.82, 2.24) is 15.1 Å². The normalized spacial score (nSPS) is 21.3. The van der Waals surface area contributed by atoms with Crippen LogP contribution in [0.25, 0.3) is 0 Å². The molecule has 5 heteroatoms. The van der Waals surface area contributed by atoms with Gasteiger partial charge in [0.25, 0.3) is 0 Å². The first kappa shape index (κ1) is 10.6. The smallest absolute Gasteiger partial charge is 0.135 e. The van der Waals surface area contributed by atoms with Crippen molar-refractivity contribution in [3.63, 3.8) is 0 Å². The Morgan fingerprint density at radius 1 is 1.53 bits per heavy atom. The Balaban J connectivity index is 0.000000404. The number of aromatic nitrogens is 2. The summed E-state index contributed by atoms with van der Waals surface area (Å²) < 4.78 is 17.4. The number of rotatable bonds is 0. The third-order valence-corrected chi connectivity index (χ3v) is 2.96. The van der Waals surface area contributed by atoms with Gasteiger partial charge < -0.3 is 10.1 Å². The van der Waals surface area contributed by atoms with Crippen molar-refractivity contribution in [2.75, 3.05) is 26.9 Å². The van der Waals surface area contributed by atoms with Crippen LogP contribution in [0.5, 0.6) is 0 Å². The number of aryl methyl sites for hydroxylation is 1. The van der Waals surface area contributed by atoms with Crippen molar-refractivity contribution >= 4 is 0 Å². The van der Waals surface area contributed by atoms with Gasteiger partial charge in [-0.3, -0.25) is 9.07 Å². The summed E-state index contributed by atoms with van der Waals surface area (Å²) in [4.78, 5) is 0. The van der Waals surface area contributed by atoms with Gasteiger partial charge in [0.1, 0.15) is 5.60 Å². The van der Waals surface area contributed by atoms with E-state index < -0.39 is 0 Å². The Hall–Kier alpha value is -0.940. The highest BCUT2D eigenvalue weighted by molar-refractivity contribution is 5.28. The second-order valence-electron chi connectivity index (χ2n) is 3.85. The van der Waals surface area contributed by atoms with Gasteiger partial charge in [0, 0.05) is 13.1 Å². The van der Waals surface area contributed by atoms with Crippen molar-refractivity contribution < 1.29 is 9.13 Å². The van der Waals surface area contributed by atoms with E-state index in [1.165, 1.54) is 11.3 Å². The predicted molar refractivity (Wildman–Crippen MR) is 54.5 cm³/mol. The van der Waals surface area contributed by atoms with Crippen molar-refractivity contribution in [1.29, 1.82) is 0 Å². The highest BCUT2D eigenvalue weighted by Gasteiger charge is 2.45. The lowest BCUT2D eigenvalue weighted by molar-refractivity contribution is -0.113. The van der Waals surface area contributed by atoms with Crippen LogP contribution in [0.4, 0.5) is 4.39 Å². The zero-order chi connectivity index (χ0) is 10.9. The van der Waals surface area contributed by atoms with E-state index in [0.717, 1.165) is 26.2 Å². The van der Waals surface area contributed by atoms with E-state index in [-0.39, 0.29) is 5.60 Å². The summed E-state index contributed by atoms with van der Waals surface area (Å²) in [5.74, 6) is 0. The summed E-state index contributed by atoms with van der Waals surface area (Å²) in [6.07, 6.45) is 1.93. The fourth-order valence-electron chi connectivity index (χ4n) is 2.26. The van der Waals surface area contributed by atoms with E-state index in [4.69, 9.17) is 4.74 Å². The van der Waals surface area contributed by atoms with Crippen molar-refractivity contribution in [2.45, 2.75) is 19.1 Å². The van der Waals surface area contributed by atoms with Crippen LogP contribution in [0.3, 0.4) is 0 Å². The van der Waals surface area contributed by atoms with Crippen LogP contribution in [-0.4, -0.2) is 36.7 Å². The fraction of sp³-hybridized carbons (Fsp3) is 0.700. The van der Waals surface area contributed by atoms with Gasteiger partial charge in [-0.15, -0.1) is 0 Å². The average molecular weight is 213 g/mol. The molecule has 15 heavy (non-hydrogen) atoms. The number of hydrogen-bond donors (Lipinski definition) is 1. The van der Waals surface area contributed by atoms with E-state index in [1.54, 1.807) is 0 Å². The zero-order valence-corrected chi connectivity index (χ0v) is 9.09. The van der Waals surface area contributed by atoms with Gasteiger partial charge in [-0.2, -0.15) is 5.10 Å². The molecule has 3 rings (SSSR count). The molecule has 3 heterocycles. The first-order chi connectivity index (χ1) is 7.32. The van der Waals surface area contributed by atoms with Crippen molar-refractivity contribution in [2.24, 2.45) is 0 Å². The van der Waals surface area contributed by atoms with E-state index in [0.29, 0.717) is 7.18 Å². The molecule has 1 N–H and O–H groups in total. The molecule has 1 fully saturated rings. The molecule has 2 aliphatic heterocycles. The van der Waals surface area contributed by atoms with Crippen LogP contribution in [0.1, 0.15) is 11.3 Å². The number of nitrogens with zero attached hydrogens (tertiary/aromatic N) is 2. The molecule has 0 unspecified atom stereocenters. The molecule has 0 aliphatic carbocycles. The first-order valence-electron chi connectivity index (χ1n) is 5.07. The Labute approximate surface area is 88.4 Å². The predicted octanol–water partition coefficient (Wildman–Crippen LogP) is 0.606. The molecule has 2 aliphatic rings. The Bertz CT molecular complexity index is 346. The van der Waals surface area contributed by atoms with Crippen molar-refractivity contribution in [3.05, 3.63) is 17.5 Å². The number of ether oxygens (including phenoxy) is 1. The lowest BCUT2D eigenvalue weighted by Gasteiger charge is -2.45. The van der Waals surface area contributed by atoms with Crippen LogP contribution in [0.15, 0.2) is 6.20 Å². The average Bonchev–Trinajstić information content (AvgIpc) is 2.62. The molecular weight excluding hydrogens is 197 g/mol. The topological polar surface area (TPSA) is 39.1 Å². The van der Waals surface area contributed by atoms with Crippen molar-refractivity contribution in [3.8, 4) is 0 Å². The van der Waals surface area contributed by atoms with Gasteiger partial charge in [-0.1, -0.05) is 0 Å². The molecule has 84 valence electrons. The lowest BCUT2D eigenvalue weighted by Crippen LogP contribution is -2.61. The van der Waals surface area contributed by atoms with E-state index in [9.17, 15) is 4.39 Å². The van der Waals surface area contributed by atoms with Crippen LogP contribution >= 0.6 is 0 Å². The monoisotopic (exact) mass is 213 g/mol. The first-order valence-corrected chi connectivity index (χ1v) is 5.07. The second-order valence-corrected chi connectivity index (χ2v) is 3.85. The molecule has 0 radical (unpaired) electrons. The van der Waals surface area contributed by atoms with E-state index in [2.05, 4.69) is 22.0 Å². The largest absolute Gasteiger partial charge is 0.364 e. The van der Waals surface area contributed by atoms with Gasteiger partial charge >= 0.3 is 0 Å². The Kier molecular flexibility index (Phi) is 2.75.